The van der Waals surface area contributed by atoms with Gasteiger partial charge in [0.15, 0.2) is 11.5 Å². The zero-order valence-electron chi connectivity index (χ0n) is 24.3. The first-order valence-electron chi connectivity index (χ1n) is 15.1. The zero-order chi connectivity index (χ0) is 29.6. The van der Waals surface area contributed by atoms with E-state index in [0.29, 0.717) is 45.3 Å². The van der Waals surface area contributed by atoms with Crippen molar-refractivity contribution in [2.24, 2.45) is 0 Å². The van der Waals surface area contributed by atoms with Crippen LogP contribution in [-0.4, -0.2) is 106 Å². The highest BCUT2D eigenvalue weighted by Crippen LogP contribution is 2.34. The number of pyridine rings is 2. The van der Waals surface area contributed by atoms with Crippen molar-refractivity contribution in [1.82, 2.24) is 29.2 Å². The molecule has 224 valence electrons. The summed E-state index contributed by atoms with van der Waals surface area (Å²) in [5.41, 5.74) is 4.83. The van der Waals surface area contributed by atoms with E-state index < -0.39 is 6.09 Å². The number of ether oxygens (including phenoxy) is 1. The Labute approximate surface area is 254 Å². The summed E-state index contributed by atoms with van der Waals surface area (Å²) < 4.78 is 7.74. The lowest BCUT2D eigenvalue weighted by Gasteiger charge is -2.39. The van der Waals surface area contributed by atoms with Crippen LogP contribution in [0.4, 0.5) is 22.2 Å². The van der Waals surface area contributed by atoms with Crippen LogP contribution >= 0.6 is 0 Å². The Kier molecular flexibility index (Phi) is 6.63. The molecule has 1 N–H and O–H groups in total. The minimum atomic E-state index is -0.871. The monoisotopic (exact) mass is 591 g/mol. The average Bonchev–Trinajstić information content (AvgIpc) is 3.49. The number of morpholine rings is 1. The van der Waals surface area contributed by atoms with Gasteiger partial charge in [-0.3, -0.25) is 9.38 Å². The summed E-state index contributed by atoms with van der Waals surface area (Å²) in [7, 11) is 0. The van der Waals surface area contributed by atoms with Crippen LogP contribution in [0, 0.1) is 0 Å². The highest BCUT2D eigenvalue weighted by Gasteiger charge is 2.32. The third kappa shape index (κ3) is 4.80. The highest BCUT2D eigenvalue weighted by molar-refractivity contribution is 5.79. The molecule has 0 radical (unpaired) electrons. The van der Waals surface area contributed by atoms with Gasteiger partial charge < -0.3 is 29.4 Å². The predicted molar refractivity (Wildman–Crippen MR) is 168 cm³/mol. The molecule has 3 saturated heterocycles. The second-order valence-electron chi connectivity index (χ2n) is 11.6. The number of para-hydroxylation sites is 1. The predicted octanol–water partition coefficient (Wildman–Crippen LogP) is 3.58. The minimum absolute atomic E-state index is 0.356. The van der Waals surface area contributed by atoms with E-state index in [2.05, 4.69) is 55.6 Å². The van der Waals surface area contributed by atoms with Crippen LogP contribution < -0.4 is 14.7 Å². The zero-order valence-corrected chi connectivity index (χ0v) is 24.3. The molecular weight excluding hydrogens is 558 g/mol. The molecule has 0 aliphatic carbocycles. The molecule has 44 heavy (non-hydrogen) atoms. The molecule has 8 rings (SSSR count). The molecule has 12 heteroatoms. The lowest BCUT2D eigenvalue weighted by Crippen LogP contribution is -2.48. The van der Waals surface area contributed by atoms with Gasteiger partial charge in [-0.2, -0.15) is 0 Å². The summed E-state index contributed by atoms with van der Waals surface area (Å²) in [6, 6.07) is 16.6. The Morgan fingerprint density at radius 3 is 2.39 bits per heavy atom. The number of anilines is 3. The molecule has 3 aliphatic rings. The Hall–Kier alpha value is -4.97. The topological polar surface area (TPSA) is 115 Å². The van der Waals surface area contributed by atoms with Crippen LogP contribution in [0.2, 0.25) is 0 Å². The minimum Gasteiger partial charge on any atom is -0.465 e. The summed E-state index contributed by atoms with van der Waals surface area (Å²) in [5.74, 6) is 2.98. The molecule has 1 aromatic carbocycles. The maximum absolute atomic E-state index is 11.3. The van der Waals surface area contributed by atoms with E-state index in [4.69, 9.17) is 24.7 Å². The molecule has 3 aliphatic heterocycles. The van der Waals surface area contributed by atoms with E-state index in [-0.39, 0.29) is 0 Å². The number of piperazine rings is 1. The molecule has 5 aromatic rings. The Morgan fingerprint density at radius 1 is 0.795 bits per heavy atom. The summed E-state index contributed by atoms with van der Waals surface area (Å²) in [6.07, 6.45) is 5.01. The fourth-order valence-corrected chi connectivity index (χ4v) is 6.33. The first kappa shape index (κ1) is 26.6. The second kappa shape index (κ2) is 10.9. The summed E-state index contributed by atoms with van der Waals surface area (Å²) in [4.78, 5) is 39.1. The SMILES string of the molecule is O=C(O)N1CCN(c2ccc(-c3cnc(N4CCOCC4)c4nc(N5CC(c6ccc7ccccc7n6)C5)cn34)cn2)CC1. The number of fused-ring (bicyclic) bond motifs is 2. The maximum atomic E-state index is 11.3. The molecule has 7 heterocycles. The average molecular weight is 592 g/mol. The van der Waals surface area contributed by atoms with Crippen molar-refractivity contribution in [3.8, 4) is 11.3 Å². The van der Waals surface area contributed by atoms with E-state index in [1.165, 1.54) is 4.90 Å². The number of carboxylic acid groups (broad SMARTS) is 1. The van der Waals surface area contributed by atoms with Gasteiger partial charge in [-0.25, -0.2) is 19.7 Å². The molecule has 0 atom stereocenters. The first-order chi connectivity index (χ1) is 21.6. The van der Waals surface area contributed by atoms with Gasteiger partial charge >= 0.3 is 6.09 Å². The quantitative estimate of drug-likeness (QED) is 0.325. The first-order valence-corrected chi connectivity index (χ1v) is 15.1. The molecule has 0 saturated carbocycles. The number of amides is 1. The molecule has 12 nitrogen and oxygen atoms in total. The number of aromatic nitrogens is 5. The lowest BCUT2D eigenvalue weighted by molar-refractivity contribution is 0.122. The van der Waals surface area contributed by atoms with Gasteiger partial charge in [0.25, 0.3) is 0 Å². The van der Waals surface area contributed by atoms with E-state index in [9.17, 15) is 9.90 Å². The number of benzene rings is 1. The van der Waals surface area contributed by atoms with Crippen LogP contribution in [0.3, 0.4) is 0 Å². The Morgan fingerprint density at radius 2 is 1.61 bits per heavy atom. The summed E-state index contributed by atoms with van der Waals surface area (Å²) in [6.45, 7) is 6.78. The van der Waals surface area contributed by atoms with Gasteiger partial charge in [-0.15, -0.1) is 0 Å². The van der Waals surface area contributed by atoms with Crippen LogP contribution in [0.25, 0.3) is 27.8 Å². The number of nitrogens with zero attached hydrogens (tertiary/aromatic N) is 9. The fraction of sp³-hybridized carbons (Fsp3) is 0.344. The molecule has 0 spiro atoms. The van der Waals surface area contributed by atoms with Crippen molar-refractivity contribution in [2.45, 2.75) is 5.92 Å². The van der Waals surface area contributed by atoms with Gasteiger partial charge in [-0.05, 0) is 24.3 Å². The second-order valence-corrected chi connectivity index (χ2v) is 11.6. The number of hydrogen-bond donors (Lipinski definition) is 1. The molecule has 0 unspecified atom stereocenters. The molecule has 0 bridgehead atoms. The van der Waals surface area contributed by atoms with Crippen molar-refractivity contribution < 1.29 is 14.6 Å². The van der Waals surface area contributed by atoms with Crippen molar-refractivity contribution in [1.29, 1.82) is 0 Å². The largest absolute Gasteiger partial charge is 0.465 e. The van der Waals surface area contributed by atoms with Crippen molar-refractivity contribution >= 4 is 40.1 Å². The summed E-state index contributed by atoms with van der Waals surface area (Å²) >= 11 is 0. The van der Waals surface area contributed by atoms with E-state index in [0.717, 1.165) is 77.1 Å². The molecule has 1 amide bonds. The van der Waals surface area contributed by atoms with E-state index in [1.807, 2.05) is 30.6 Å². The van der Waals surface area contributed by atoms with Crippen LogP contribution in [0.5, 0.6) is 0 Å². The van der Waals surface area contributed by atoms with Gasteiger partial charge in [0.05, 0.1) is 36.8 Å². The number of imidazole rings is 1. The third-order valence-corrected chi connectivity index (χ3v) is 8.93. The van der Waals surface area contributed by atoms with Crippen LogP contribution in [-0.2, 0) is 4.74 Å². The molecule has 3 fully saturated rings. The smallest absolute Gasteiger partial charge is 0.407 e. The number of rotatable bonds is 5. The van der Waals surface area contributed by atoms with Crippen molar-refractivity contribution in [3.63, 3.8) is 0 Å². The fourth-order valence-electron chi connectivity index (χ4n) is 6.33. The number of carbonyl (C=O) groups is 1. The van der Waals surface area contributed by atoms with Gasteiger partial charge in [0.1, 0.15) is 11.6 Å². The normalized spacial score (nSPS) is 17.8. The van der Waals surface area contributed by atoms with Gasteiger partial charge in [0.2, 0.25) is 0 Å². The lowest BCUT2D eigenvalue weighted by atomic mass is 9.95. The highest BCUT2D eigenvalue weighted by atomic mass is 16.5. The molecular formula is C32H33N9O3. The third-order valence-electron chi connectivity index (χ3n) is 8.93. The maximum Gasteiger partial charge on any atom is 0.407 e. The molecule has 4 aromatic heterocycles. The van der Waals surface area contributed by atoms with E-state index >= 15 is 0 Å². The van der Waals surface area contributed by atoms with Crippen molar-refractivity contribution in [3.05, 3.63) is 72.8 Å². The standard InChI is InChI=1S/C32H33N9O3/c42-32(43)39-11-9-37(10-12-39)28-8-6-23(17-33-28)27-18-34-30(38-13-15-44-16-14-38)31-36-29(21-41(27)31)40-19-24(20-40)26-7-5-22-3-1-2-4-25(22)35-26/h1-8,17-18,21,24H,9-16,19-20H2,(H,42,43). The van der Waals surface area contributed by atoms with Gasteiger partial charge in [0, 0.05) is 81.1 Å². The van der Waals surface area contributed by atoms with Gasteiger partial charge in [-0.1, -0.05) is 24.3 Å². The summed E-state index contributed by atoms with van der Waals surface area (Å²) in [5, 5.41) is 10.4. The van der Waals surface area contributed by atoms with E-state index in [1.54, 1.807) is 0 Å². The van der Waals surface area contributed by atoms with Crippen LogP contribution in [0.1, 0.15) is 11.6 Å². The van der Waals surface area contributed by atoms with Crippen LogP contribution in [0.15, 0.2) is 67.1 Å². The van der Waals surface area contributed by atoms with Crippen molar-refractivity contribution in [2.75, 3.05) is 80.3 Å². The Balaban J connectivity index is 1.07. The Bertz CT molecular complexity index is 1820. The number of hydrogen-bond acceptors (Lipinski definition) is 9.